The van der Waals surface area contributed by atoms with Crippen molar-refractivity contribution in [2.45, 2.75) is 52.0 Å². The van der Waals surface area contributed by atoms with E-state index in [9.17, 15) is 0 Å². The number of nitrogens with one attached hydrogen (secondary N) is 1. The lowest BCUT2D eigenvalue weighted by atomic mass is 9.64. The van der Waals surface area contributed by atoms with Gasteiger partial charge in [-0.15, -0.1) is 12.3 Å². The van der Waals surface area contributed by atoms with Crippen LogP contribution in [0.3, 0.4) is 0 Å². The minimum Gasteiger partial charge on any atom is -0.329 e. The average molecular weight is 222 g/mol. The number of nitrogens with two attached hydrogens (primary N) is 1. The maximum atomic E-state index is 5.99. The molecule has 2 heteroatoms. The Kier molecular flexibility index (Phi) is 4.41. The zero-order chi connectivity index (χ0) is 12.2. The maximum absolute atomic E-state index is 5.99. The summed E-state index contributed by atoms with van der Waals surface area (Å²) in [6.45, 7) is 8.61. The second-order valence-corrected chi connectivity index (χ2v) is 6.22. The number of hydrogen-bond donors (Lipinski definition) is 2. The third-order valence-corrected chi connectivity index (χ3v) is 3.62. The molecule has 0 bridgehead atoms. The van der Waals surface area contributed by atoms with Crippen LogP contribution in [0.15, 0.2) is 0 Å². The Balaban J connectivity index is 2.66. The van der Waals surface area contributed by atoms with Crippen molar-refractivity contribution in [3.63, 3.8) is 0 Å². The molecule has 1 aliphatic carbocycles. The highest BCUT2D eigenvalue weighted by Crippen LogP contribution is 2.43. The highest BCUT2D eigenvalue weighted by molar-refractivity contribution is 5.00. The Hall–Kier alpha value is -0.520. The van der Waals surface area contributed by atoms with Gasteiger partial charge in [-0.05, 0) is 30.6 Å². The van der Waals surface area contributed by atoms with Crippen LogP contribution < -0.4 is 11.1 Å². The highest BCUT2D eigenvalue weighted by atomic mass is 15.0. The van der Waals surface area contributed by atoms with Crippen LogP contribution in [0.4, 0.5) is 0 Å². The van der Waals surface area contributed by atoms with Gasteiger partial charge in [0.15, 0.2) is 0 Å². The smallest absolute Gasteiger partial charge is 0.0312 e. The summed E-state index contributed by atoms with van der Waals surface area (Å²) in [5, 5.41) is 3.60. The predicted molar refractivity (Wildman–Crippen MR) is 70.0 cm³/mol. The molecule has 0 aliphatic heterocycles. The molecule has 1 saturated carbocycles. The van der Waals surface area contributed by atoms with Crippen LogP contribution in [0.25, 0.3) is 0 Å². The molecule has 92 valence electrons. The Bertz CT molecular complexity index is 264. The summed E-state index contributed by atoms with van der Waals surface area (Å²) in [6.07, 6.45) is 9.71. The second-order valence-electron chi connectivity index (χ2n) is 6.22. The first-order valence-electron chi connectivity index (χ1n) is 6.32. The van der Waals surface area contributed by atoms with Crippen molar-refractivity contribution >= 4 is 0 Å². The molecule has 16 heavy (non-hydrogen) atoms. The maximum Gasteiger partial charge on any atom is 0.0312 e. The van der Waals surface area contributed by atoms with Crippen LogP contribution in [0.5, 0.6) is 0 Å². The third kappa shape index (κ3) is 3.50. The molecular formula is C14H26N2. The van der Waals surface area contributed by atoms with Gasteiger partial charge in [-0.25, -0.2) is 0 Å². The molecule has 0 radical (unpaired) electrons. The zero-order valence-corrected chi connectivity index (χ0v) is 11.0. The predicted octanol–water partition coefficient (Wildman–Crippen LogP) is 2.14. The third-order valence-electron chi connectivity index (χ3n) is 3.62. The van der Waals surface area contributed by atoms with Gasteiger partial charge in [-0.2, -0.15) is 0 Å². The second kappa shape index (κ2) is 5.21. The van der Waals surface area contributed by atoms with E-state index >= 15 is 0 Å². The Labute approximate surface area is 100 Å². The molecule has 1 rings (SSSR count). The molecule has 0 heterocycles. The lowest BCUT2D eigenvalue weighted by Gasteiger charge is -2.48. The van der Waals surface area contributed by atoms with Crippen LogP contribution in [0.1, 0.15) is 46.5 Å². The van der Waals surface area contributed by atoms with E-state index in [1.54, 1.807) is 0 Å². The lowest BCUT2D eigenvalue weighted by molar-refractivity contribution is 0.0870. The molecule has 0 aromatic heterocycles. The van der Waals surface area contributed by atoms with E-state index in [0.717, 1.165) is 25.3 Å². The summed E-state index contributed by atoms with van der Waals surface area (Å²) in [6, 6.07) is 0. The van der Waals surface area contributed by atoms with Crippen LogP contribution >= 0.6 is 0 Å². The Morgan fingerprint density at radius 2 is 2.12 bits per heavy atom. The van der Waals surface area contributed by atoms with Crippen molar-refractivity contribution in [3.8, 4) is 12.3 Å². The van der Waals surface area contributed by atoms with Gasteiger partial charge in [0.1, 0.15) is 0 Å². The number of hydrogen-bond acceptors (Lipinski definition) is 2. The van der Waals surface area contributed by atoms with E-state index in [2.05, 4.69) is 32.0 Å². The minimum absolute atomic E-state index is 0.109. The van der Waals surface area contributed by atoms with Gasteiger partial charge in [0.2, 0.25) is 0 Å². The van der Waals surface area contributed by atoms with Crippen molar-refractivity contribution in [3.05, 3.63) is 0 Å². The lowest BCUT2D eigenvalue weighted by Crippen LogP contribution is -2.57. The van der Waals surface area contributed by atoms with Crippen LogP contribution in [-0.4, -0.2) is 18.6 Å². The van der Waals surface area contributed by atoms with E-state index in [1.165, 1.54) is 12.8 Å². The molecule has 1 fully saturated rings. The van der Waals surface area contributed by atoms with Crippen molar-refractivity contribution < 1.29 is 0 Å². The number of terminal acetylenes is 1. The van der Waals surface area contributed by atoms with Gasteiger partial charge in [0.25, 0.3) is 0 Å². The molecule has 1 aliphatic rings. The molecule has 0 amide bonds. The monoisotopic (exact) mass is 222 g/mol. The topological polar surface area (TPSA) is 38.0 Å². The quantitative estimate of drug-likeness (QED) is 0.565. The largest absolute Gasteiger partial charge is 0.329 e. The van der Waals surface area contributed by atoms with Crippen molar-refractivity contribution in [1.82, 2.24) is 5.32 Å². The van der Waals surface area contributed by atoms with Gasteiger partial charge >= 0.3 is 0 Å². The molecule has 0 aromatic carbocycles. The van der Waals surface area contributed by atoms with E-state index in [4.69, 9.17) is 12.2 Å². The van der Waals surface area contributed by atoms with Crippen molar-refractivity contribution in [1.29, 1.82) is 0 Å². The van der Waals surface area contributed by atoms with Gasteiger partial charge in [0.05, 0.1) is 0 Å². The molecular weight excluding hydrogens is 196 g/mol. The standard InChI is InChI=1S/C14H26N2/c1-5-6-7-16-14(11-15)9-12(2)8-13(3,4)10-14/h1,12,16H,6-11,15H2,2-4H3. The highest BCUT2D eigenvalue weighted by Gasteiger charge is 2.41. The molecule has 0 aromatic rings. The summed E-state index contributed by atoms with van der Waals surface area (Å²) in [4.78, 5) is 0. The van der Waals surface area contributed by atoms with E-state index in [-0.39, 0.29) is 5.54 Å². The minimum atomic E-state index is 0.109. The van der Waals surface area contributed by atoms with Crippen LogP contribution in [0, 0.1) is 23.7 Å². The van der Waals surface area contributed by atoms with Crippen LogP contribution in [0.2, 0.25) is 0 Å². The molecule has 2 nitrogen and oxygen atoms in total. The van der Waals surface area contributed by atoms with E-state index in [1.807, 2.05) is 0 Å². The molecule has 0 saturated heterocycles. The van der Waals surface area contributed by atoms with Crippen molar-refractivity contribution in [2.75, 3.05) is 13.1 Å². The Morgan fingerprint density at radius 1 is 1.44 bits per heavy atom. The van der Waals surface area contributed by atoms with Gasteiger partial charge < -0.3 is 11.1 Å². The fraction of sp³-hybridized carbons (Fsp3) is 0.857. The van der Waals surface area contributed by atoms with E-state index in [0.29, 0.717) is 12.0 Å². The Morgan fingerprint density at radius 3 is 2.62 bits per heavy atom. The summed E-state index contributed by atoms with van der Waals surface area (Å²) < 4.78 is 0. The fourth-order valence-corrected chi connectivity index (χ4v) is 3.51. The molecule has 2 unspecified atom stereocenters. The average Bonchev–Trinajstić information content (AvgIpc) is 2.15. The number of rotatable bonds is 4. The first-order valence-corrected chi connectivity index (χ1v) is 6.32. The summed E-state index contributed by atoms with van der Waals surface area (Å²) in [5.74, 6) is 3.42. The van der Waals surface area contributed by atoms with Crippen LogP contribution in [-0.2, 0) is 0 Å². The SMILES string of the molecule is C#CCCNC1(CN)CC(C)CC(C)(C)C1. The normalized spacial score (nSPS) is 33.3. The first kappa shape index (κ1) is 13.5. The van der Waals surface area contributed by atoms with Crippen molar-refractivity contribution in [2.24, 2.45) is 17.1 Å². The van der Waals surface area contributed by atoms with Gasteiger partial charge in [0, 0.05) is 25.0 Å². The summed E-state index contributed by atoms with van der Waals surface area (Å²) >= 11 is 0. The van der Waals surface area contributed by atoms with E-state index < -0.39 is 0 Å². The zero-order valence-electron chi connectivity index (χ0n) is 11.0. The van der Waals surface area contributed by atoms with Gasteiger partial charge in [-0.1, -0.05) is 20.8 Å². The molecule has 0 spiro atoms. The van der Waals surface area contributed by atoms with Gasteiger partial charge in [-0.3, -0.25) is 0 Å². The first-order chi connectivity index (χ1) is 7.43. The fourth-order valence-electron chi connectivity index (χ4n) is 3.51. The summed E-state index contributed by atoms with van der Waals surface area (Å²) in [5.41, 5.74) is 6.49. The summed E-state index contributed by atoms with van der Waals surface area (Å²) in [7, 11) is 0. The molecule has 3 N–H and O–H groups in total. The molecule has 2 atom stereocenters.